The lowest BCUT2D eigenvalue weighted by Crippen LogP contribution is -2.34. The molecule has 0 bridgehead atoms. The quantitative estimate of drug-likeness (QED) is 0.476. The Morgan fingerprint density at radius 2 is 1.88 bits per heavy atom. The molecule has 1 heterocycles. The number of halogens is 1. The Morgan fingerprint density at radius 3 is 2.58 bits per heavy atom. The molecule has 0 unspecified atom stereocenters. The van der Waals surface area contributed by atoms with Gasteiger partial charge in [0.05, 0.1) is 7.05 Å². The highest BCUT2D eigenvalue weighted by Gasteiger charge is 2.23. The molecule has 1 atom stereocenters. The third-order valence-corrected chi connectivity index (χ3v) is 4.92. The van der Waals surface area contributed by atoms with Crippen molar-refractivity contribution in [1.82, 2.24) is 4.57 Å². The number of aromatic nitrogens is 2. The van der Waals surface area contributed by atoms with Gasteiger partial charge in [-0.25, -0.2) is 9.13 Å². The first-order chi connectivity index (χ1) is 11.6. The molecule has 0 saturated carbocycles. The Kier molecular flexibility index (Phi) is 5.40. The summed E-state index contributed by atoms with van der Waals surface area (Å²) >= 11 is 2.26. The molecule has 0 fully saturated rings. The maximum atomic E-state index is 10.5. The number of aryl methyl sites for hydroxylation is 1. The van der Waals surface area contributed by atoms with Crippen LogP contribution in [0.25, 0.3) is 11.0 Å². The number of ether oxygens (including phenoxy) is 1. The van der Waals surface area contributed by atoms with Crippen molar-refractivity contribution in [1.29, 1.82) is 0 Å². The van der Waals surface area contributed by atoms with Crippen molar-refractivity contribution in [3.05, 3.63) is 57.9 Å². The molecule has 0 amide bonds. The number of imidazole rings is 1. The van der Waals surface area contributed by atoms with E-state index in [-0.39, 0.29) is 6.61 Å². The van der Waals surface area contributed by atoms with Crippen LogP contribution in [0, 0.1) is 3.57 Å². The number of nitrogens with zero attached hydrogens (tertiary/aromatic N) is 2. The Bertz CT molecular complexity index is 827. The van der Waals surface area contributed by atoms with Crippen LogP contribution in [-0.2, 0) is 20.0 Å². The fraction of sp³-hybridized carbons (Fsp3) is 0.316. The van der Waals surface area contributed by atoms with E-state index in [0.717, 1.165) is 17.7 Å². The fourth-order valence-electron chi connectivity index (χ4n) is 3.05. The van der Waals surface area contributed by atoms with Crippen molar-refractivity contribution >= 4 is 33.6 Å². The number of para-hydroxylation sites is 2. The molecule has 0 aliphatic rings. The predicted molar refractivity (Wildman–Crippen MR) is 103 cm³/mol. The van der Waals surface area contributed by atoms with Crippen molar-refractivity contribution in [3.63, 3.8) is 0 Å². The van der Waals surface area contributed by atoms with Crippen LogP contribution in [0.3, 0.4) is 0 Å². The molecule has 2 aromatic carbocycles. The minimum absolute atomic E-state index is 0.278. The van der Waals surface area contributed by atoms with E-state index in [1.54, 1.807) is 0 Å². The summed E-state index contributed by atoms with van der Waals surface area (Å²) < 4.78 is 11.3. The van der Waals surface area contributed by atoms with Gasteiger partial charge in [0.2, 0.25) is 0 Å². The van der Waals surface area contributed by atoms with E-state index < -0.39 is 6.10 Å². The fourth-order valence-corrected chi connectivity index (χ4v) is 3.41. The predicted octanol–water partition coefficient (Wildman–Crippen LogP) is 3.07. The highest BCUT2D eigenvalue weighted by molar-refractivity contribution is 14.1. The Labute approximate surface area is 155 Å². The third-order valence-electron chi connectivity index (χ3n) is 4.20. The molecule has 0 aliphatic carbocycles. The lowest BCUT2D eigenvalue weighted by Gasteiger charge is -2.12. The van der Waals surface area contributed by atoms with Crippen LogP contribution < -0.4 is 9.30 Å². The Balaban J connectivity index is 1.75. The van der Waals surface area contributed by atoms with Crippen LogP contribution in [-0.4, -0.2) is 22.4 Å². The summed E-state index contributed by atoms with van der Waals surface area (Å²) in [5, 5.41) is 10.5. The SMILES string of the molecule is CCc1n(C[C@H](O)COc2ccc(I)cc2)c2ccccc2[n+]1C. The summed E-state index contributed by atoms with van der Waals surface area (Å²) in [4.78, 5) is 0. The Morgan fingerprint density at radius 1 is 1.17 bits per heavy atom. The van der Waals surface area contributed by atoms with E-state index in [2.05, 4.69) is 57.8 Å². The average Bonchev–Trinajstić information content (AvgIpc) is 2.86. The summed E-state index contributed by atoms with van der Waals surface area (Å²) in [5.74, 6) is 1.98. The van der Waals surface area contributed by atoms with Crippen molar-refractivity contribution in [2.24, 2.45) is 7.05 Å². The molecule has 126 valence electrons. The molecule has 3 aromatic rings. The second-order valence-electron chi connectivity index (χ2n) is 5.85. The topological polar surface area (TPSA) is 38.3 Å². The largest absolute Gasteiger partial charge is 0.491 e. The highest BCUT2D eigenvalue weighted by atomic mass is 127. The van der Waals surface area contributed by atoms with Gasteiger partial charge in [0.15, 0.2) is 11.0 Å². The highest BCUT2D eigenvalue weighted by Crippen LogP contribution is 2.17. The van der Waals surface area contributed by atoms with Gasteiger partial charge in [0.25, 0.3) is 5.82 Å². The van der Waals surface area contributed by atoms with Crippen LogP contribution in [0.1, 0.15) is 12.7 Å². The maximum Gasteiger partial charge on any atom is 0.256 e. The van der Waals surface area contributed by atoms with E-state index >= 15 is 0 Å². The molecular weight excluding hydrogens is 415 g/mol. The number of fused-ring (bicyclic) bond motifs is 1. The monoisotopic (exact) mass is 437 g/mol. The molecule has 4 nitrogen and oxygen atoms in total. The summed E-state index contributed by atoms with van der Waals surface area (Å²) in [6.07, 6.45) is 0.348. The molecule has 1 N–H and O–H groups in total. The number of aliphatic hydroxyl groups excluding tert-OH is 1. The van der Waals surface area contributed by atoms with Crippen molar-refractivity contribution in [2.45, 2.75) is 26.0 Å². The maximum absolute atomic E-state index is 10.5. The van der Waals surface area contributed by atoms with Crippen LogP contribution in [0.2, 0.25) is 0 Å². The molecular formula is C19H22IN2O2+. The zero-order valence-corrected chi connectivity index (χ0v) is 16.1. The van der Waals surface area contributed by atoms with Crippen molar-refractivity contribution < 1.29 is 14.4 Å². The van der Waals surface area contributed by atoms with Gasteiger partial charge in [-0.3, -0.25) is 0 Å². The van der Waals surface area contributed by atoms with E-state index in [0.29, 0.717) is 6.54 Å². The van der Waals surface area contributed by atoms with Gasteiger partial charge in [-0.2, -0.15) is 0 Å². The first-order valence-electron chi connectivity index (χ1n) is 8.12. The van der Waals surface area contributed by atoms with Crippen molar-refractivity contribution in [2.75, 3.05) is 6.61 Å². The lowest BCUT2D eigenvalue weighted by atomic mass is 10.3. The molecule has 1 aromatic heterocycles. The van der Waals surface area contributed by atoms with Gasteiger partial charge in [0.1, 0.15) is 25.0 Å². The number of hydrogen-bond donors (Lipinski definition) is 1. The van der Waals surface area contributed by atoms with Gasteiger partial charge in [-0.05, 0) is 59.0 Å². The Hall–Kier alpha value is -1.60. The van der Waals surface area contributed by atoms with E-state index in [9.17, 15) is 5.11 Å². The molecule has 0 radical (unpaired) electrons. The number of hydrogen-bond acceptors (Lipinski definition) is 2. The van der Waals surface area contributed by atoms with Gasteiger partial charge in [-0.15, -0.1) is 0 Å². The first-order valence-corrected chi connectivity index (χ1v) is 9.20. The number of rotatable bonds is 6. The van der Waals surface area contributed by atoms with Gasteiger partial charge in [0, 0.05) is 9.99 Å². The van der Waals surface area contributed by atoms with Crippen molar-refractivity contribution in [3.8, 4) is 5.75 Å². The van der Waals surface area contributed by atoms with Crippen LogP contribution in [0.15, 0.2) is 48.5 Å². The zero-order chi connectivity index (χ0) is 17.1. The standard InChI is InChI=1S/C19H22IN2O2/c1-3-19-21(2)17-6-4-5-7-18(17)22(19)12-15(23)13-24-16-10-8-14(20)9-11-16/h4-11,15,23H,3,12-13H2,1-2H3/q+1/t15-/m0/s1. The summed E-state index contributed by atoms with van der Waals surface area (Å²) in [7, 11) is 2.08. The molecule has 3 rings (SSSR count). The first kappa shape index (κ1) is 17.2. The summed E-state index contributed by atoms with van der Waals surface area (Å²) in [6, 6.07) is 16.1. The van der Waals surface area contributed by atoms with E-state index in [1.165, 1.54) is 14.9 Å². The molecule has 0 spiro atoms. The molecule has 24 heavy (non-hydrogen) atoms. The third kappa shape index (κ3) is 3.57. The lowest BCUT2D eigenvalue weighted by molar-refractivity contribution is -0.653. The van der Waals surface area contributed by atoms with Gasteiger partial charge in [-0.1, -0.05) is 19.1 Å². The minimum Gasteiger partial charge on any atom is -0.491 e. The zero-order valence-electron chi connectivity index (χ0n) is 13.9. The number of benzene rings is 2. The van der Waals surface area contributed by atoms with Gasteiger partial charge >= 0.3 is 0 Å². The van der Waals surface area contributed by atoms with Crippen LogP contribution in [0.4, 0.5) is 0 Å². The smallest absolute Gasteiger partial charge is 0.256 e. The number of aliphatic hydroxyl groups is 1. The second-order valence-corrected chi connectivity index (χ2v) is 7.09. The second kappa shape index (κ2) is 7.53. The molecule has 0 aliphatic heterocycles. The normalized spacial score (nSPS) is 12.5. The van der Waals surface area contributed by atoms with Gasteiger partial charge < -0.3 is 9.84 Å². The molecule has 5 heteroatoms. The van der Waals surface area contributed by atoms with E-state index in [4.69, 9.17) is 4.74 Å². The summed E-state index contributed by atoms with van der Waals surface area (Å²) in [6.45, 7) is 2.94. The molecule has 0 saturated heterocycles. The summed E-state index contributed by atoms with van der Waals surface area (Å²) in [5.41, 5.74) is 2.32. The van der Waals surface area contributed by atoms with Crippen LogP contribution in [0.5, 0.6) is 5.75 Å². The van der Waals surface area contributed by atoms with E-state index in [1.807, 2.05) is 36.4 Å². The average molecular weight is 437 g/mol. The van der Waals surface area contributed by atoms with Crippen LogP contribution >= 0.6 is 22.6 Å². The minimum atomic E-state index is -0.564.